The summed E-state index contributed by atoms with van der Waals surface area (Å²) in [5.74, 6) is 0.177. The molecule has 11 heteroatoms. The number of hydrogen-bond donors (Lipinski definition) is 0. The number of halogens is 3. The monoisotopic (exact) mass is 606 g/mol. The minimum Gasteiger partial charge on any atom is -0.497 e. The van der Waals surface area contributed by atoms with E-state index in [-0.39, 0.29) is 34.6 Å². The number of ether oxygens (including phenoxy) is 1. The summed E-state index contributed by atoms with van der Waals surface area (Å²) in [5.41, 5.74) is 0.675. The molecule has 0 radical (unpaired) electrons. The van der Waals surface area contributed by atoms with Gasteiger partial charge < -0.3 is 14.5 Å². The lowest BCUT2D eigenvalue weighted by Gasteiger charge is -2.44. The van der Waals surface area contributed by atoms with E-state index in [1.165, 1.54) is 25.8 Å². The summed E-state index contributed by atoms with van der Waals surface area (Å²) in [6.45, 7) is 10.3. The molecule has 1 aliphatic heterocycles. The van der Waals surface area contributed by atoms with Crippen molar-refractivity contribution in [2.75, 3.05) is 46.9 Å². The van der Waals surface area contributed by atoms with Crippen molar-refractivity contribution in [2.45, 2.75) is 32.1 Å². The molecule has 8 nitrogen and oxygen atoms in total. The van der Waals surface area contributed by atoms with E-state index in [0.717, 1.165) is 17.6 Å². The van der Waals surface area contributed by atoms with Gasteiger partial charge in [-0.25, -0.2) is 9.50 Å². The number of carbonyl (C=O) groups is 1. The highest BCUT2D eigenvalue weighted by Crippen LogP contribution is 2.37. The van der Waals surface area contributed by atoms with Crippen LogP contribution in [0.5, 0.6) is 5.75 Å². The summed E-state index contributed by atoms with van der Waals surface area (Å²) in [4.78, 5) is 24.9. The second kappa shape index (κ2) is 12.8. The molecule has 5 rings (SSSR count). The molecule has 2 aromatic carbocycles. The van der Waals surface area contributed by atoms with Crippen LogP contribution in [-0.4, -0.2) is 88.1 Å². The lowest BCUT2D eigenvalue weighted by molar-refractivity contribution is -0.143. The Balaban J connectivity index is 1.47. The van der Waals surface area contributed by atoms with E-state index < -0.39 is 17.8 Å². The standard InChI is InChI=1S/C33H37F3N6O2/c1-6-16-39(4)21-28(24-10-8-7-9-11-24)40-17-18-41(22(2)20-40)32(43)27-19-37-42-30(33(34,35)36)23(3)29(38-31(27)42)25-12-14-26(44-5)15-13-25/h6-15,19,22,28H,1,16-18,20-21H2,2-5H3/t22-,28?/m1/s1. The van der Waals surface area contributed by atoms with E-state index in [2.05, 4.69) is 45.6 Å². The number of rotatable bonds is 9. The van der Waals surface area contributed by atoms with Crippen molar-refractivity contribution in [1.82, 2.24) is 29.3 Å². The molecule has 0 saturated carbocycles. The number of methoxy groups -OCH3 is 1. The van der Waals surface area contributed by atoms with Crippen LogP contribution in [-0.2, 0) is 6.18 Å². The molecule has 232 valence electrons. The van der Waals surface area contributed by atoms with Gasteiger partial charge in [-0.15, -0.1) is 6.58 Å². The smallest absolute Gasteiger partial charge is 0.433 e. The molecule has 0 spiro atoms. The first-order valence-electron chi connectivity index (χ1n) is 14.5. The zero-order valence-electron chi connectivity index (χ0n) is 25.4. The number of benzene rings is 2. The molecule has 1 fully saturated rings. The predicted octanol–water partition coefficient (Wildman–Crippen LogP) is 5.74. The molecule has 2 atom stereocenters. The van der Waals surface area contributed by atoms with Gasteiger partial charge in [-0.1, -0.05) is 36.4 Å². The average molecular weight is 607 g/mol. The summed E-state index contributed by atoms with van der Waals surface area (Å²) >= 11 is 0. The van der Waals surface area contributed by atoms with Crippen LogP contribution in [0.2, 0.25) is 0 Å². The van der Waals surface area contributed by atoms with Gasteiger partial charge in [0, 0.05) is 55.9 Å². The van der Waals surface area contributed by atoms with Crippen LogP contribution in [0.4, 0.5) is 13.2 Å². The Morgan fingerprint density at radius 2 is 1.86 bits per heavy atom. The summed E-state index contributed by atoms with van der Waals surface area (Å²) in [5, 5.41) is 4.02. The molecule has 0 bridgehead atoms. The van der Waals surface area contributed by atoms with E-state index in [9.17, 15) is 18.0 Å². The topological polar surface area (TPSA) is 66.2 Å². The van der Waals surface area contributed by atoms with Crippen molar-refractivity contribution in [2.24, 2.45) is 0 Å². The maximum atomic E-state index is 14.4. The second-order valence-electron chi connectivity index (χ2n) is 11.2. The lowest BCUT2D eigenvalue weighted by Crippen LogP contribution is -2.55. The first kappa shape index (κ1) is 31.2. The number of carbonyl (C=O) groups excluding carboxylic acids is 1. The fourth-order valence-electron chi connectivity index (χ4n) is 6.01. The van der Waals surface area contributed by atoms with Crippen LogP contribution < -0.4 is 4.74 Å². The minimum absolute atomic E-state index is 0.0379. The fraction of sp³-hybridized carbons (Fsp3) is 0.364. The van der Waals surface area contributed by atoms with Crippen molar-refractivity contribution in [3.8, 4) is 17.0 Å². The summed E-state index contributed by atoms with van der Waals surface area (Å²) in [6, 6.07) is 16.8. The molecule has 0 N–H and O–H groups in total. The number of amides is 1. The van der Waals surface area contributed by atoms with Crippen molar-refractivity contribution >= 4 is 11.6 Å². The predicted molar refractivity (Wildman–Crippen MR) is 164 cm³/mol. The summed E-state index contributed by atoms with van der Waals surface area (Å²) in [7, 11) is 3.57. The van der Waals surface area contributed by atoms with Crippen molar-refractivity contribution in [3.63, 3.8) is 0 Å². The highest BCUT2D eigenvalue weighted by molar-refractivity contribution is 6.00. The molecule has 3 heterocycles. The molecule has 4 aromatic rings. The first-order valence-corrected chi connectivity index (χ1v) is 14.5. The number of aromatic nitrogens is 3. The third-order valence-electron chi connectivity index (χ3n) is 8.22. The Morgan fingerprint density at radius 3 is 2.48 bits per heavy atom. The maximum Gasteiger partial charge on any atom is 0.433 e. The highest BCUT2D eigenvalue weighted by atomic mass is 19.4. The SMILES string of the molecule is C=CCN(C)CC(c1ccccc1)N1CCN(C(=O)c2cnn3c(C(F)(F)F)c(C)c(-c4ccc(OC)cc4)nc23)[C@H](C)C1. The van der Waals surface area contributed by atoms with Crippen molar-refractivity contribution in [3.05, 3.63) is 95.8 Å². The third kappa shape index (κ3) is 6.20. The zero-order chi connectivity index (χ0) is 31.6. The van der Waals surface area contributed by atoms with Crippen molar-refractivity contribution in [1.29, 1.82) is 0 Å². The van der Waals surface area contributed by atoms with E-state index in [1.807, 2.05) is 31.2 Å². The van der Waals surface area contributed by atoms with Gasteiger partial charge in [0.25, 0.3) is 5.91 Å². The zero-order valence-corrected chi connectivity index (χ0v) is 25.4. The molecule has 1 aliphatic rings. The van der Waals surface area contributed by atoms with Crippen molar-refractivity contribution < 1.29 is 22.7 Å². The molecule has 1 unspecified atom stereocenters. The molecule has 44 heavy (non-hydrogen) atoms. The number of nitrogens with zero attached hydrogens (tertiary/aromatic N) is 6. The van der Waals surface area contributed by atoms with Gasteiger partial charge in [0.1, 0.15) is 11.3 Å². The van der Waals surface area contributed by atoms with Gasteiger partial charge in [0.05, 0.1) is 19.0 Å². The van der Waals surface area contributed by atoms with Crippen LogP contribution in [0.1, 0.15) is 40.1 Å². The molecule has 2 aromatic heterocycles. The van der Waals surface area contributed by atoms with Gasteiger partial charge in [0.2, 0.25) is 0 Å². The summed E-state index contributed by atoms with van der Waals surface area (Å²) < 4.78 is 49.1. The van der Waals surface area contributed by atoms with E-state index >= 15 is 0 Å². The van der Waals surface area contributed by atoms with Gasteiger partial charge in [-0.05, 0) is 50.7 Å². The van der Waals surface area contributed by atoms with Crippen LogP contribution in [0.15, 0.2) is 73.4 Å². The summed E-state index contributed by atoms with van der Waals surface area (Å²) in [6.07, 6.45) is -1.65. The average Bonchev–Trinajstić information content (AvgIpc) is 3.42. The van der Waals surface area contributed by atoms with Gasteiger partial charge in [-0.3, -0.25) is 9.69 Å². The molecule has 1 amide bonds. The van der Waals surface area contributed by atoms with Crippen LogP contribution in [0.25, 0.3) is 16.9 Å². The molecular formula is C33H37F3N6O2. The van der Waals surface area contributed by atoms with E-state index in [1.54, 1.807) is 29.2 Å². The second-order valence-corrected chi connectivity index (χ2v) is 11.2. The van der Waals surface area contributed by atoms with Crippen LogP contribution in [0, 0.1) is 6.92 Å². The Morgan fingerprint density at radius 1 is 1.16 bits per heavy atom. The number of likely N-dealkylation sites (N-methyl/N-ethyl adjacent to an activating group) is 1. The number of piperazine rings is 1. The van der Waals surface area contributed by atoms with E-state index in [0.29, 0.717) is 30.9 Å². The van der Waals surface area contributed by atoms with Gasteiger partial charge >= 0.3 is 6.18 Å². The third-order valence-corrected chi connectivity index (χ3v) is 8.22. The van der Waals surface area contributed by atoms with Crippen LogP contribution in [0.3, 0.4) is 0 Å². The fourth-order valence-corrected chi connectivity index (χ4v) is 6.01. The normalized spacial score (nSPS) is 16.8. The number of alkyl halides is 3. The van der Waals surface area contributed by atoms with Gasteiger partial charge in [-0.2, -0.15) is 18.3 Å². The Bertz CT molecular complexity index is 1620. The quantitative estimate of drug-likeness (QED) is 0.227. The Hall–Kier alpha value is -4.22. The first-order chi connectivity index (χ1) is 21.0. The maximum absolute atomic E-state index is 14.4. The molecule has 1 saturated heterocycles. The Labute approximate surface area is 255 Å². The largest absolute Gasteiger partial charge is 0.497 e. The highest BCUT2D eigenvalue weighted by Gasteiger charge is 2.40. The molecular weight excluding hydrogens is 569 g/mol. The number of fused-ring (bicyclic) bond motifs is 1. The van der Waals surface area contributed by atoms with E-state index in [4.69, 9.17) is 4.74 Å². The molecule has 0 aliphatic carbocycles. The Kier molecular flexibility index (Phi) is 9.07. The minimum atomic E-state index is -4.72. The van der Waals surface area contributed by atoms with Crippen LogP contribution >= 0.6 is 0 Å². The van der Waals surface area contributed by atoms with Gasteiger partial charge in [0.15, 0.2) is 11.3 Å². The lowest BCUT2D eigenvalue weighted by atomic mass is 10.0. The number of hydrogen-bond acceptors (Lipinski definition) is 6.